The third-order valence-corrected chi connectivity index (χ3v) is 5.66. The first-order chi connectivity index (χ1) is 17.8. The molecule has 11 nitrogen and oxygen atoms in total. The Morgan fingerprint density at radius 1 is 0.737 bits per heavy atom. The molecular formula is C27H36O11. The minimum Gasteiger partial charge on any atom is -0.463 e. The molecule has 1 aliphatic rings. The van der Waals surface area contributed by atoms with Crippen LogP contribution in [-0.2, 0) is 58.8 Å². The first-order valence-corrected chi connectivity index (χ1v) is 12.4. The van der Waals surface area contributed by atoms with Gasteiger partial charge in [-0.2, -0.15) is 0 Å². The van der Waals surface area contributed by atoms with Crippen molar-refractivity contribution in [2.75, 3.05) is 6.61 Å². The molecule has 2 rings (SSSR count). The van der Waals surface area contributed by atoms with Crippen LogP contribution in [0.3, 0.4) is 0 Å². The summed E-state index contributed by atoms with van der Waals surface area (Å²) in [7, 11) is 0. The van der Waals surface area contributed by atoms with Crippen LogP contribution in [0.1, 0.15) is 65.5 Å². The quantitative estimate of drug-likeness (QED) is 0.322. The smallest absolute Gasteiger partial charge is 0.315 e. The summed E-state index contributed by atoms with van der Waals surface area (Å²) in [6.07, 6.45) is -6.10. The molecule has 0 aliphatic carbocycles. The van der Waals surface area contributed by atoms with Gasteiger partial charge in [0.15, 0.2) is 12.2 Å². The molecule has 0 aromatic heterocycles. The second-order valence-electron chi connectivity index (χ2n) is 9.57. The van der Waals surface area contributed by atoms with E-state index in [2.05, 4.69) is 13.8 Å². The molecule has 1 aliphatic heterocycles. The fourth-order valence-electron chi connectivity index (χ4n) is 4.05. The van der Waals surface area contributed by atoms with Gasteiger partial charge in [0.1, 0.15) is 12.7 Å². The number of ether oxygens (including phenoxy) is 6. The standard InChI is InChI=1S/C27H36O11/c1-14(2)12-20-8-10-21(11-9-20)15(3)26(32)38-27-25(36-19(7)31)24(35-18(6)30)23(34-17(5)29)22(37-27)13-33-16(4)28/h8-11,14-15,22-25,27H,12-13H2,1-7H3/t15?,22-,23-,24+,25-,27+/m1/s1. The molecule has 1 heterocycles. The van der Waals surface area contributed by atoms with E-state index >= 15 is 0 Å². The van der Waals surface area contributed by atoms with Gasteiger partial charge in [0.25, 0.3) is 0 Å². The molecule has 1 aromatic rings. The van der Waals surface area contributed by atoms with E-state index in [1.54, 1.807) is 6.92 Å². The van der Waals surface area contributed by atoms with Gasteiger partial charge in [-0.25, -0.2) is 0 Å². The van der Waals surface area contributed by atoms with E-state index < -0.39 is 73.1 Å². The van der Waals surface area contributed by atoms with Crippen LogP contribution in [0, 0.1) is 5.92 Å². The molecule has 38 heavy (non-hydrogen) atoms. The summed E-state index contributed by atoms with van der Waals surface area (Å²) in [5.41, 5.74) is 1.82. The van der Waals surface area contributed by atoms with Crippen LogP contribution in [0.5, 0.6) is 0 Å². The van der Waals surface area contributed by atoms with Crippen molar-refractivity contribution in [3.05, 3.63) is 35.4 Å². The first kappa shape index (κ1) is 30.8. The Morgan fingerprint density at radius 2 is 1.26 bits per heavy atom. The number of esters is 5. The summed E-state index contributed by atoms with van der Waals surface area (Å²) in [6, 6.07) is 7.54. The van der Waals surface area contributed by atoms with Gasteiger partial charge < -0.3 is 28.4 Å². The molecule has 0 spiro atoms. The Hall–Kier alpha value is -3.47. The lowest BCUT2D eigenvalue weighted by atomic mass is 9.96. The predicted molar refractivity (Wildman–Crippen MR) is 131 cm³/mol. The van der Waals surface area contributed by atoms with Crippen molar-refractivity contribution in [3.8, 4) is 0 Å². The summed E-state index contributed by atoms with van der Waals surface area (Å²) < 4.78 is 32.4. The summed E-state index contributed by atoms with van der Waals surface area (Å²) in [5.74, 6) is -3.93. The molecule has 0 N–H and O–H groups in total. The predicted octanol–water partition coefficient (Wildman–Crippen LogP) is 2.61. The second-order valence-corrected chi connectivity index (χ2v) is 9.57. The molecule has 1 fully saturated rings. The Balaban J connectivity index is 2.36. The Bertz CT molecular complexity index is 1000. The van der Waals surface area contributed by atoms with E-state index in [9.17, 15) is 24.0 Å². The number of hydrogen-bond acceptors (Lipinski definition) is 11. The molecule has 210 valence electrons. The van der Waals surface area contributed by atoms with E-state index in [0.717, 1.165) is 32.8 Å². The van der Waals surface area contributed by atoms with Crippen LogP contribution < -0.4 is 0 Å². The fourth-order valence-corrected chi connectivity index (χ4v) is 4.05. The van der Waals surface area contributed by atoms with Gasteiger partial charge in [0, 0.05) is 27.7 Å². The van der Waals surface area contributed by atoms with Crippen LogP contribution in [0.15, 0.2) is 24.3 Å². The highest BCUT2D eigenvalue weighted by Gasteiger charge is 2.54. The SMILES string of the molecule is CC(=O)OC[C@H]1O[C@@H](OC(=O)C(C)c2ccc(CC(C)C)cc2)[C@H](OC(C)=O)[C@@H](OC(C)=O)[C@@H]1OC(C)=O. The van der Waals surface area contributed by atoms with E-state index in [1.807, 2.05) is 24.3 Å². The molecule has 0 amide bonds. The summed E-state index contributed by atoms with van der Waals surface area (Å²) in [6.45, 7) is 9.96. The van der Waals surface area contributed by atoms with Gasteiger partial charge in [-0.3, -0.25) is 24.0 Å². The van der Waals surface area contributed by atoms with Gasteiger partial charge >= 0.3 is 29.8 Å². The highest BCUT2D eigenvalue weighted by atomic mass is 16.7. The van der Waals surface area contributed by atoms with Crippen LogP contribution >= 0.6 is 0 Å². The van der Waals surface area contributed by atoms with E-state index in [1.165, 1.54) is 6.92 Å². The lowest BCUT2D eigenvalue weighted by Gasteiger charge is -2.43. The zero-order chi connectivity index (χ0) is 28.6. The lowest BCUT2D eigenvalue weighted by molar-refractivity contribution is -0.301. The number of benzene rings is 1. The van der Waals surface area contributed by atoms with Crippen LogP contribution in [-0.4, -0.2) is 67.2 Å². The Labute approximate surface area is 222 Å². The maximum Gasteiger partial charge on any atom is 0.315 e. The van der Waals surface area contributed by atoms with Crippen LogP contribution in [0.25, 0.3) is 0 Å². The number of carbonyl (C=O) groups excluding carboxylic acids is 5. The minimum absolute atomic E-state index is 0.418. The van der Waals surface area contributed by atoms with E-state index in [4.69, 9.17) is 28.4 Å². The van der Waals surface area contributed by atoms with Crippen molar-refractivity contribution in [1.29, 1.82) is 0 Å². The maximum absolute atomic E-state index is 13.1. The molecule has 11 heteroatoms. The van der Waals surface area contributed by atoms with Gasteiger partial charge in [-0.15, -0.1) is 0 Å². The molecule has 0 bridgehead atoms. The molecule has 0 radical (unpaired) electrons. The van der Waals surface area contributed by atoms with Crippen molar-refractivity contribution >= 4 is 29.8 Å². The van der Waals surface area contributed by atoms with Crippen molar-refractivity contribution < 1.29 is 52.4 Å². The Kier molecular flexibility index (Phi) is 11.2. The third kappa shape index (κ3) is 9.13. The molecular weight excluding hydrogens is 500 g/mol. The normalized spacial score (nSPS) is 23.6. The first-order valence-electron chi connectivity index (χ1n) is 12.4. The van der Waals surface area contributed by atoms with Crippen molar-refractivity contribution in [2.24, 2.45) is 5.92 Å². The van der Waals surface area contributed by atoms with Crippen LogP contribution in [0.2, 0.25) is 0 Å². The van der Waals surface area contributed by atoms with Gasteiger partial charge in [-0.1, -0.05) is 38.1 Å². The summed E-state index contributed by atoms with van der Waals surface area (Å²) in [5, 5.41) is 0. The van der Waals surface area contributed by atoms with Gasteiger partial charge in [0.05, 0.1) is 5.92 Å². The minimum atomic E-state index is -1.56. The summed E-state index contributed by atoms with van der Waals surface area (Å²) in [4.78, 5) is 60.3. The topological polar surface area (TPSA) is 141 Å². The van der Waals surface area contributed by atoms with Gasteiger partial charge in [-0.05, 0) is 30.4 Å². The fraction of sp³-hybridized carbons (Fsp3) is 0.593. The molecule has 1 unspecified atom stereocenters. The van der Waals surface area contributed by atoms with Crippen molar-refractivity contribution in [1.82, 2.24) is 0 Å². The molecule has 1 saturated heterocycles. The van der Waals surface area contributed by atoms with E-state index in [0.29, 0.717) is 11.5 Å². The monoisotopic (exact) mass is 536 g/mol. The Morgan fingerprint density at radius 3 is 1.76 bits per heavy atom. The lowest BCUT2D eigenvalue weighted by Crippen LogP contribution is -2.63. The number of rotatable bonds is 10. The zero-order valence-corrected chi connectivity index (χ0v) is 22.8. The highest BCUT2D eigenvalue weighted by molar-refractivity contribution is 5.78. The third-order valence-electron chi connectivity index (χ3n) is 5.66. The molecule has 0 saturated carbocycles. The molecule has 6 atom stereocenters. The van der Waals surface area contributed by atoms with Crippen molar-refractivity contribution in [2.45, 2.75) is 91.5 Å². The zero-order valence-electron chi connectivity index (χ0n) is 22.8. The number of carbonyl (C=O) groups is 5. The second kappa shape index (κ2) is 13.9. The highest BCUT2D eigenvalue weighted by Crippen LogP contribution is 2.31. The van der Waals surface area contributed by atoms with Crippen LogP contribution in [0.4, 0.5) is 0 Å². The summed E-state index contributed by atoms with van der Waals surface area (Å²) >= 11 is 0. The maximum atomic E-state index is 13.1. The molecule has 1 aromatic carbocycles. The van der Waals surface area contributed by atoms with Crippen molar-refractivity contribution in [3.63, 3.8) is 0 Å². The average Bonchev–Trinajstić information content (AvgIpc) is 2.80. The van der Waals surface area contributed by atoms with Gasteiger partial charge in [0.2, 0.25) is 12.4 Å². The van der Waals surface area contributed by atoms with E-state index in [-0.39, 0.29) is 0 Å². The number of hydrogen-bond donors (Lipinski definition) is 0. The largest absolute Gasteiger partial charge is 0.463 e. The average molecular weight is 537 g/mol.